The molecule has 2 aliphatic rings. The largest absolute Gasteiger partial charge is 0.345 e. The van der Waals surface area contributed by atoms with Crippen molar-refractivity contribution >= 4 is 17.7 Å². The molecule has 0 N–H and O–H groups in total. The molecule has 1 aliphatic carbocycles. The summed E-state index contributed by atoms with van der Waals surface area (Å²) in [4.78, 5) is 18.0. The van der Waals surface area contributed by atoms with Crippen LogP contribution in [0.4, 0.5) is 0 Å². The van der Waals surface area contributed by atoms with Crippen LogP contribution in [0, 0.1) is 0 Å². The van der Waals surface area contributed by atoms with E-state index in [0.717, 1.165) is 38.0 Å². The van der Waals surface area contributed by atoms with Gasteiger partial charge in [0.25, 0.3) is 0 Å². The molecule has 1 aromatic heterocycles. The van der Waals surface area contributed by atoms with Gasteiger partial charge in [-0.1, -0.05) is 39.8 Å². The Balaban J connectivity index is 1.65. The van der Waals surface area contributed by atoms with Crippen LogP contribution in [0.15, 0.2) is 23.6 Å². The maximum atomic E-state index is 11.1. The van der Waals surface area contributed by atoms with Gasteiger partial charge in [-0.25, -0.2) is 4.98 Å². The summed E-state index contributed by atoms with van der Waals surface area (Å²) in [7, 11) is 0. The molecule has 4 heteroatoms. The van der Waals surface area contributed by atoms with Gasteiger partial charge in [0.1, 0.15) is 0 Å². The van der Waals surface area contributed by atoms with Crippen molar-refractivity contribution in [3.63, 3.8) is 0 Å². The molecule has 2 heterocycles. The summed E-state index contributed by atoms with van der Waals surface area (Å²) in [5.74, 6) is 0.385. The summed E-state index contributed by atoms with van der Waals surface area (Å²) in [6.45, 7) is 11.2. The number of carbonyl (C=O) groups is 1. The molecular formula is C23H30N2OS. The number of rotatable bonds is 3. The van der Waals surface area contributed by atoms with Crippen molar-refractivity contribution in [3.05, 3.63) is 39.7 Å². The summed E-state index contributed by atoms with van der Waals surface area (Å²) >= 11 is 1.75. The Bertz CT molecular complexity index is 852. The maximum absolute atomic E-state index is 11.1. The second-order valence-electron chi connectivity index (χ2n) is 9.54. The van der Waals surface area contributed by atoms with Crippen molar-refractivity contribution in [1.82, 2.24) is 9.88 Å². The summed E-state index contributed by atoms with van der Waals surface area (Å²) in [6.07, 6.45) is 5.64. The highest BCUT2D eigenvalue weighted by Crippen LogP contribution is 2.46. The first-order chi connectivity index (χ1) is 12.8. The first-order valence-corrected chi connectivity index (χ1v) is 11.0. The Morgan fingerprint density at radius 1 is 1.15 bits per heavy atom. The zero-order valence-corrected chi connectivity index (χ0v) is 17.7. The van der Waals surface area contributed by atoms with Crippen molar-refractivity contribution in [1.29, 1.82) is 0 Å². The van der Waals surface area contributed by atoms with Gasteiger partial charge >= 0.3 is 0 Å². The van der Waals surface area contributed by atoms with Crippen molar-refractivity contribution in [3.8, 4) is 11.3 Å². The molecule has 1 unspecified atom stereocenters. The quantitative estimate of drug-likeness (QED) is 0.657. The van der Waals surface area contributed by atoms with E-state index in [1.54, 1.807) is 11.3 Å². The summed E-state index contributed by atoms with van der Waals surface area (Å²) in [6, 6.07) is 6.96. The van der Waals surface area contributed by atoms with E-state index in [-0.39, 0.29) is 10.8 Å². The van der Waals surface area contributed by atoms with Gasteiger partial charge in [0.15, 0.2) is 0 Å². The number of fused-ring (bicyclic) bond motifs is 1. The van der Waals surface area contributed by atoms with E-state index >= 15 is 0 Å². The van der Waals surface area contributed by atoms with E-state index < -0.39 is 0 Å². The zero-order valence-electron chi connectivity index (χ0n) is 16.9. The summed E-state index contributed by atoms with van der Waals surface area (Å²) in [5.41, 5.74) is 5.75. The summed E-state index contributed by atoms with van der Waals surface area (Å²) in [5, 5.41) is 3.37. The third kappa shape index (κ3) is 3.44. The molecule has 0 bridgehead atoms. The van der Waals surface area contributed by atoms with E-state index in [9.17, 15) is 4.79 Å². The predicted octanol–water partition coefficient (Wildman–Crippen LogP) is 5.49. The second kappa shape index (κ2) is 6.73. The predicted molar refractivity (Wildman–Crippen MR) is 112 cm³/mol. The molecular weight excluding hydrogens is 352 g/mol. The number of amides is 1. The summed E-state index contributed by atoms with van der Waals surface area (Å²) < 4.78 is 0. The Kier molecular flexibility index (Phi) is 4.66. The SMILES string of the molecule is CC1(C)CCC(C)(C)c2cc(-c3csc(C4CCCN(C=O)C4)n3)ccc21. The van der Waals surface area contributed by atoms with Gasteiger partial charge < -0.3 is 4.90 Å². The topological polar surface area (TPSA) is 33.2 Å². The third-order valence-electron chi connectivity index (χ3n) is 6.62. The molecule has 0 radical (unpaired) electrons. The van der Waals surface area contributed by atoms with E-state index in [0.29, 0.717) is 5.92 Å². The van der Waals surface area contributed by atoms with Gasteiger partial charge in [0.2, 0.25) is 6.41 Å². The van der Waals surface area contributed by atoms with E-state index in [4.69, 9.17) is 4.98 Å². The van der Waals surface area contributed by atoms with Gasteiger partial charge in [0, 0.05) is 30.0 Å². The Labute approximate surface area is 166 Å². The van der Waals surface area contributed by atoms with Crippen LogP contribution in [0.25, 0.3) is 11.3 Å². The fraction of sp³-hybridized carbons (Fsp3) is 0.565. The molecule has 0 spiro atoms. The van der Waals surface area contributed by atoms with Gasteiger partial charge in [-0.15, -0.1) is 11.3 Å². The normalized spacial score (nSPS) is 23.7. The number of hydrogen-bond acceptors (Lipinski definition) is 3. The lowest BCUT2D eigenvalue weighted by Crippen LogP contribution is -2.33. The average molecular weight is 383 g/mol. The van der Waals surface area contributed by atoms with Crippen molar-refractivity contribution in [2.24, 2.45) is 0 Å². The number of aromatic nitrogens is 1. The zero-order chi connectivity index (χ0) is 19.2. The molecule has 3 nitrogen and oxygen atoms in total. The number of piperidine rings is 1. The Hall–Kier alpha value is -1.68. The van der Waals surface area contributed by atoms with Crippen molar-refractivity contribution in [2.75, 3.05) is 13.1 Å². The second-order valence-corrected chi connectivity index (χ2v) is 10.4. The van der Waals surface area contributed by atoms with Gasteiger partial charge in [-0.3, -0.25) is 4.79 Å². The molecule has 27 heavy (non-hydrogen) atoms. The van der Waals surface area contributed by atoms with Crippen LogP contribution in [0.2, 0.25) is 0 Å². The highest BCUT2D eigenvalue weighted by Gasteiger charge is 2.37. The van der Waals surface area contributed by atoms with Gasteiger partial charge in [-0.05, 0) is 53.7 Å². The van der Waals surface area contributed by atoms with E-state index in [1.807, 2.05) is 4.90 Å². The molecule has 1 saturated heterocycles. The van der Waals surface area contributed by atoms with Crippen LogP contribution in [0.1, 0.15) is 75.4 Å². The monoisotopic (exact) mass is 382 g/mol. The highest BCUT2D eigenvalue weighted by molar-refractivity contribution is 7.10. The van der Waals surface area contributed by atoms with Gasteiger partial charge in [0.05, 0.1) is 10.7 Å². The van der Waals surface area contributed by atoms with E-state index in [1.165, 1.54) is 34.5 Å². The smallest absolute Gasteiger partial charge is 0.209 e. The minimum atomic E-state index is 0.216. The Morgan fingerprint density at radius 3 is 2.63 bits per heavy atom. The first-order valence-electron chi connectivity index (χ1n) is 10.1. The lowest BCUT2D eigenvalue weighted by Gasteiger charge is -2.42. The molecule has 4 rings (SSSR count). The average Bonchev–Trinajstić information content (AvgIpc) is 3.16. The van der Waals surface area contributed by atoms with E-state index in [2.05, 4.69) is 51.3 Å². The number of benzene rings is 1. The van der Waals surface area contributed by atoms with Crippen LogP contribution in [0.3, 0.4) is 0 Å². The van der Waals surface area contributed by atoms with Crippen LogP contribution in [0.5, 0.6) is 0 Å². The lowest BCUT2D eigenvalue weighted by molar-refractivity contribution is -0.119. The molecule has 0 saturated carbocycles. The third-order valence-corrected chi connectivity index (χ3v) is 7.63. The molecule has 1 aromatic carbocycles. The molecule has 1 aliphatic heterocycles. The number of hydrogen-bond donors (Lipinski definition) is 0. The Morgan fingerprint density at radius 2 is 1.89 bits per heavy atom. The highest BCUT2D eigenvalue weighted by atomic mass is 32.1. The standard InChI is InChI=1S/C23H30N2OS/c1-22(2)9-10-23(3,4)19-12-16(7-8-18(19)22)20-14-27-21(24-20)17-6-5-11-25(13-17)15-26/h7-8,12,14-15,17H,5-6,9-11,13H2,1-4H3. The number of likely N-dealkylation sites (tertiary alicyclic amines) is 1. The lowest BCUT2D eigenvalue weighted by atomic mass is 9.63. The number of nitrogens with zero attached hydrogens (tertiary/aromatic N) is 2. The molecule has 1 atom stereocenters. The van der Waals surface area contributed by atoms with Crippen molar-refractivity contribution < 1.29 is 4.79 Å². The van der Waals surface area contributed by atoms with Crippen molar-refractivity contribution in [2.45, 2.75) is 70.1 Å². The van der Waals surface area contributed by atoms with Gasteiger partial charge in [-0.2, -0.15) is 0 Å². The van der Waals surface area contributed by atoms with Crippen LogP contribution >= 0.6 is 11.3 Å². The number of thiazole rings is 1. The molecule has 144 valence electrons. The maximum Gasteiger partial charge on any atom is 0.209 e. The van der Waals surface area contributed by atoms with Crippen LogP contribution < -0.4 is 0 Å². The fourth-order valence-electron chi connectivity index (χ4n) is 4.66. The molecule has 1 amide bonds. The van der Waals surface area contributed by atoms with Crippen LogP contribution in [-0.4, -0.2) is 29.4 Å². The molecule has 1 fully saturated rings. The fourth-order valence-corrected chi connectivity index (χ4v) is 5.62. The minimum Gasteiger partial charge on any atom is -0.345 e. The van der Waals surface area contributed by atoms with Crippen LogP contribution in [-0.2, 0) is 15.6 Å². The molecule has 2 aromatic rings. The number of carbonyl (C=O) groups excluding carboxylic acids is 1. The minimum absolute atomic E-state index is 0.216. The first kappa shape index (κ1) is 18.7.